The number of anilines is 2. The van der Waals surface area contributed by atoms with Gasteiger partial charge >= 0.3 is 0 Å². The number of carbonyl (C=O) groups is 1. The van der Waals surface area contributed by atoms with Crippen LogP contribution in [-0.4, -0.2) is 66.4 Å². The molecular formula is C25H31FN6O3Si. The number of fused-ring (bicyclic) bond motifs is 1. The summed E-state index contributed by atoms with van der Waals surface area (Å²) in [5, 5.41) is 4.62. The van der Waals surface area contributed by atoms with Crippen LogP contribution in [0, 0.1) is 0 Å². The fourth-order valence-corrected chi connectivity index (χ4v) is 4.98. The summed E-state index contributed by atoms with van der Waals surface area (Å²) in [5.74, 6) is 1.03. The van der Waals surface area contributed by atoms with E-state index in [0.29, 0.717) is 55.5 Å². The molecular weight excluding hydrogens is 479 g/mol. The molecule has 3 aromatic rings. The van der Waals surface area contributed by atoms with E-state index in [0.717, 1.165) is 17.5 Å². The van der Waals surface area contributed by atoms with Gasteiger partial charge in [0.15, 0.2) is 6.79 Å². The topological polar surface area (TPSA) is 85.6 Å². The van der Waals surface area contributed by atoms with Gasteiger partial charge in [-0.3, -0.25) is 4.79 Å². The highest BCUT2D eigenvalue weighted by Gasteiger charge is 2.32. The van der Waals surface area contributed by atoms with Crippen molar-refractivity contribution in [2.75, 3.05) is 36.3 Å². The Morgan fingerprint density at radius 2 is 2.03 bits per heavy atom. The van der Waals surface area contributed by atoms with Gasteiger partial charge in [0.2, 0.25) is 5.88 Å². The summed E-state index contributed by atoms with van der Waals surface area (Å²) in [6.07, 6.45) is 4.78. The van der Waals surface area contributed by atoms with Crippen molar-refractivity contribution >= 4 is 25.5 Å². The first-order valence-electron chi connectivity index (χ1n) is 12.2. The Morgan fingerprint density at radius 1 is 1.17 bits per heavy atom. The molecule has 9 nitrogen and oxygen atoms in total. The van der Waals surface area contributed by atoms with Crippen molar-refractivity contribution in [2.24, 2.45) is 0 Å². The minimum absolute atomic E-state index is 0.126. The number of ether oxygens (including phenoxy) is 2. The van der Waals surface area contributed by atoms with Crippen LogP contribution in [0.5, 0.6) is 5.88 Å². The molecule has 1 fully saturated rings. The SMILES string of the molecule is C[Si](C)(C)CCOCOc1cc(N2Cc3nn(-c4ccc(N5CC[C@@H](F)C5)nc4)cc3C2=O)ccn1. The summed E-state index contributed by atoms with van der Waals surface area (Å²) in [4.78, 5) is 25.4. The molecule has 11 heteroatoms. The second-order valence-electron chi connectivity index (χ2n) is 10.4. The quantitative estimate of drug-likeness (QED) is 0.244. The fourth-order valence-electron chi connectivity index (χ4n) is 4.22. The van der Waals surface area contributed by atoms with Crippen LogP contribution < -0.4 is 14.5 Å². The molecule has 0 aromatic carbocycles. The molecule has 0 radical (unpaired) electrons. The maximum Gasteiger partial charge on any atom is 0.262 e. The third kappa shape index (κ3) is 5.41. The Kier molecular flexibility index (Phi) is 6.76. The van der Waals surface area contributed by atoms with Crippen LogP contribution in [0.3, 0.4) is 0 Å². The predicted molar refractivity (Wildman–Crippen MR) is 137 cm³/mol. The van der Waals surface area contributed by atoms with Crippen molar-refractivity contribution < 1.29 is 18.7 Å². The lowest BCUT2D eigenvalue weighted by atomic mass is 10.3. The van der Waals surface area contributed by atoms with Crippen LogP contribution in [-0.2, 0) is 11.3 Å². The molecule has 36 heavy (non-hydrogen) atoms. The van der Waals surface area contributed by atoms with Crippen LogP contribution in [0.25, 0.3) is 5.69 Å². The van der Waals surface area contributed by atoms with Gasteiger partial charge in [0, 0.05) is 39.7 Å². The summed E-state index contributed by atoms with van der Waals surface area (Å²) >= 11 is 0. The molecule has 1 saturated heterocycles. The van der Waals surface area contributed by atoms with Gasteiger partial charge in [-0.1, -0.05) is 19.6 Å². The van der Waals surface area contributed by atoms with Crippen molar-refractivity contribution in [1.29, 1.82) is 0 Å². The second-order valence-corrected chi connectivity index (χ2v) is 16.0. The van der Waals surface area contributed by atoms with Gasteiger partial charge in [0.05, 0.1) is 41.9 Å². The van der Waals surface area contributed by atoms with E-state index in [9.17, 15) is 9.18 Å². The third-order valence-electron chi connectivity index (χ3n) is 6.34. The van der Waals surface area contributed by atoms with E-state index in [2.05, 4.69) is 34.7 Å². The molecule has 1 amide bonds. The van der Waals surface area contributed by atoms with Crippen LogP contribution in [0.4, 0.5) is 15.9 Å². The van der Waals surface area contributed by atoms with Gasteiger partial charge < -0.3 is 19.3 Å². The Hall–Kier alpha value is -3.31. The number of hydrogen-bond donors (Lipinski definition) is 0. The molecule has 5 rings (SSSR count). The molecule has 0 spiro atoms. The van der Waals surface area contributed by atoms with E-state index in [1.54, 1.807) is 40.3 Å². The van der Waals surface area contributed by atoms with Crippen molar-refractivity contribution in [3.8, 4) is 11.6 Å². The van der Waals surface area contributed by atoms with Gasteiger partial charge in [0.1, 0.15) is 12.0 Å². The Balaban J connectivity index is 1.21. The molecule has 1 atom stereocenters. The lowest BCUT2D eigenvalue weighted by molar-refractivity contribution is 0.0193. The second kappa shape index (κ2) is 9.98. The van der Waals surface area contributed by atoms with Crippen LogP contribution in [0.1, 0.15) is 22.5 Å². The highest BCUT2D eigenvalue weighted by Crippen LogP contribution is 2.30. The number of aromatic nitrogens is 4. The highest BCUT2D eigenvalue weighted by molar-refractivity contribution is 6.76. The van der Waals surface area contributed by atoms with E-state index in [1.807, 2.05) is 17.0 Å². The average Bonchev–Trinajstić information content (AvgIpc) is 3.55. The van der Waals surface area contributed by atoms with Crippen molar-refractivity contribution in [3.05, 3.63) is 54.1 Å². The predicted octanol–water partition coefficient (Wildman–Crippen LogP) is 4.06. The molecule has 0 bridgehead atoms. The number of pyridine rings is 2. The molecule has 0 saturated carbocycles. The Morgan fingerprint density at radius 3 is 2.72 bits per heavy atom. The van der Waals surface area contributed by atoms with E-state index in [1.165, 1.54) is 0 Å². The van der Waals surface area contributed by atoms with Gasteiger partial charge in [-0.25, -0.2) is 19.0 Å². The molecule has 0 N–H and O–H groups in total. The van der Waals surface area contributed by atoms with E-state index in [4.69, 9.17) is 9.47 Å². The number of nitrogens with zero attached hydrogens (tertiary/aromatic N) is 6. The van der Waals surface area contributed by atoms with E-state index < -0.39 is 14.2 Å². The molecule has 5 heterocycles. The summed E-state index contributed by atoms with van der Waals surface area (Å²) in [7, 11) is -1.15. The zero-order valence-electron chi connectivity index (χ0n) is 20.9. The minimum atomic E-state index is -1.15. The molecule has 0 unspecified atom stereocenters. The maximum absolute atomic E-state index is 13.5. The van der Waals surface area contributed by atoms with Gasteiger partial charge in [0.25, 0.3) is 5.91 Å². The standard InChI is InChI=1S/C25H31FN6O3Si/c1-36(2,3)11-10-34-17-35-24-12-19(6-8-27-24)31-16-22-21(25(31)33)15-32(29-22)20-4-5-23(28-13-20)30-9-7-18(26)14-30/h4-6,8,12-13,15,18H,7,9-11,14,16-17H2,1-3H3/t18-/m1/s1. The first-order valence-corrected chi connectivity index (χ1v) is 15.9. The summed E-state index contributed by atoms with van der Waals surface area (Å²) in [5.41, 5.74) is 2.68. The number of carbonyl (C=O) groups excluding carboxylic acids is 1. The maximum atomic E-state index is 13.5. The minimum Gasteiger partial charge on any atom is -0.450 e. The van der Waals surface area contributed by atoms with E-state index in [-0.39, 0.29) is 12.7 Å². The van der Waals surface area contributed by atoms with Gasteiger partial charge in [-0.15, -0.1) is 0 Å². The average molecular weight is 511 g/mol. The first-order chi connectivity index (χ1) is 17.3. The lowest BCUT2D eigenvalue weighted by Gasteiger charge is -2.18. The monoisotopic (exact) mass is 510 g/mol. The van der Waals surface area contributed by atoms with Gasteiger partial charge in [-0.05, 0) is 30.7 Å². The number of alkyl halides is 1. The van der Waals surface area contributed by atoms with Crippen LogP contribution in [0.15, 0.2) is 42.9 Å². The number of rotatable bonds is 9. The van der Waals surface area contributed by atoms with Crippen molar-refractivity contribution in [2.45, 2.75) is 44.8 Å². The van der Waals surface area contributed by atoms with Crippen molar-refractivity contribution in [1.82, 2.24) is 19.7 Å². The molecule has 0 aliphatic carbocycles. The highest BCUT2D eigenvalue weighted by atomic mass is 28.3. The number of halogens is 1. The van der Waals surface area contributed by atoms with Crippen LogP contribution >= 0.6 is 0 Å². The lowest BCUT2D eigenvalue weighted by Crippen LogP contribution is -2.24. The van der Waals surface area contributed by atoms with Crippen molar-refractivity contribution in [3.63, 3.8) is 0 Å². The smallest absolute Gasteiger partial charge is 0.262 e. The van der Waals surface area contributed by atoms with Gasteiger partial charge in [-0.2, -0.15) is 5.10 Å². The summed E-state index contributed by atoms with van der Waals surface area (Å²) in [6, 6.07) is 8.33. The normalized spacial score (nSPS) is 17.7. The Labute approximate surface area is 210 Å². The molecule has 2 aliphatic heterocycles. The number of amides is 1. The Bertz CT molecular complexity index is 1230. The molecule has 190 valence electrons. The fraction of sp³-hybridized carbons (Fsp3) is 0.440. The largest absolute Gasteiger partial charge is 0.450 e. The molecule has 3 aromatic heterocycles. The molecule has 2 aliphatic rings. The zero-order valence-corrected chi connectivity index (χ0v) is 21.9. The first kappa shape index (κ1) is 24.4. The van der Waals surface area contributed by atoms with Crippen LogP contribution in [0.2, 0.25) is 25.7 Å². The number of hydrogen-bond acceptors (Lipinski definition) is 7. The zero-order chi connectivity index (χ0) is 25.3. The van der Waals surface area contributed by atoms with E-state index >= 15 is 0 Å². The summed E-state index contributed by atoms with van der Waals surface area (Å²) in [6.45, 7) is 9.09. The third-order valence-corrected chi connectivity index (χ3v) is 8.05. The summed E-state index contributed by atoms with van der Waals surface area (Å²) < 4.78 is 26.4.